The van der Waals surface area contributed by atoms with Crippen LogP contribution in [-0.2, 0) is 4.57 Å². The first-order valence-corrected chi connectivity index (χ1v) is 12.9. The SMILES string of the molecule is O=P(CC[C@H]1N(c2ccccc2)C[C@@H]2CCCN21)(c1ccccc1)c1ccccc1. The molecule has 0 unspecified atom stereocenters. The van der Waals surface area contributed by atoms with Gasteiger partial charge in [-0.1, -0.05) is 78.9 Å². The van der Waals surface area contributed by atoms with Crippen molar-refractivity contribution in [3.05, 3.63) is 91.0 Å². The van der Waals surface area contributed by atoms with Crippen molar-refractivity contribution < 1.29 is 4.57 Å². The van der Waals surface area contributed by atoms with Crippen LogP contribution in [0.1, 0.15) is 19.3 Å². The second kappa shape index (κ2) is 8.41. The van der Waals surface area contributed by atoms with E-state index in [1.807, 2.05) is 60.7 Å². The molecule has 0 N–H and O–H groups in total. The summed E-state index contributed by atoms with van der Waals surface area (Å²) in [6, 6.07) is 31.6. The zero-order chi connectivity index (χ0) is 20.4. The van der Waals surface area contributed by atoms with Crippen LogP contribution < -0.4 is 15.5 Å². The summed E-state index contributed by atoms with van der Waals surface area (Å²) in [4.78, 5) is 5.21. The molecule has 2 aliphatic rings. The van der Waals surface area contributed by atoms with Crippen molar-refractivity contribution >= 4 is 23.4 Å². The molecule has 5 rings (SSSR count). The lowest BCUT2D eigenvalue weighted by Crippen LogP contribution is -2.40. The average Bonchev–Trinajstić information content (AvgIpc) is 3.41. The maximum absolute atomic E-state index is 14.5. The summed E-state index contributed by atoms with van der Waals surface area (Å²) in [5.74, 6) is 0. The molecule has 0 saturated carbocycles. The molecule has 2 fully saturated rings. The Morgan fingerprint density at radius 2 is 1.37 bits per heavy atom. The molecule has 2 saturated heterocycles. The van der Waals surface area contributed by atoms with Crippen molar-refractivity contribution in [3.63, 3.8) is 0 Å². The lowest BCUT2D eigenvalue weighted by Gasteiger charge is -2.32. The van der Waals surface area contributed by atoms with Crippen LogP contribution in [0.3, 0.4) is 0 Å². The molecular formula is C26H29N2OP. The van der Waals surface area contributed by atoms with E-state index in [1.165, 1.54) is 18.5 Å². The predicted octanol–water partition coefficient (Wildman–Crippen LogP) is 4.70. The van der Waals surface area contributed by atoms with Gasteiger partial charge in [-0.25, -0.2) is 0 Å². The topological polar surface area (TPSA) is 23.6 Å². The molecule has 0 spiro atoms. The van der Waals surface area contributed by atoms with E-state index in [2.05, 4.69) is 40.1 Å². The second-order valence-corrected chi connectivity index (χ2v) is 11.4. The number of nitrogens with zero attached hydrogens (tertiary/aromatic N) is 2. The summed E-state index contributed by atoms with van der Waals surface area (Å²) in [6.45, 7) is 2.23. The second-order valence-electron chi connectivity index (χ2n) is 8.43. The highest BCUT2D eigenvalue weighted by atomic mass is 31.2. The van der Waals surface area contributed by atoms with Gasteiger partial charge in [0.1, 0.15) is 7.14 Å². The van der Waals surface area contributed by atoms with Gasteiger partial charge in [0.15, 0.2) is 0 Å². The Labute approximate surface area is 179 Å². The minimum Gasteiger partial charge on any atom is -0.354 e. The summed E-state index contributed by atoms with van der Waals surface area (Å²) < 4.78 is 14.5. The Hall–Kier alpha value is -2.35. The number of hydrogen-bond acceptors (Lipinski definition) is 3. The van der Waals surface area contributed by atoms with Gasteiger partial charge in [-0.2, -0.15) is 0 Å². The molecule has 0 amide bonds. The molecule has 0 radical (unpaired) electrons. The van der Waals surface area contributed by atoms with Crippen molar-refractivity contribution in [2.24, 2.45) is 0 Å². The van der Waals surface area contributed by atoms with Crippen LogP contribution in [-0.4, -0.2) is 36.4 Å². The standard InChI is InChI=1S/C26H29N2OP/c29-30(24-14-6-2-7-15-24,25-16-8-3-9-17-25)20-18-26-27-19-10-13-23(27)21-28(26)22-11-4-1-5-12-22/h1-9,11-12,14-17,23,26H,10,13,18-21H2/t23-,26+/m0/s1. The third kappa shape index (κ3) is 3.62. The Morgan fingerprint density at radius 3 is 1.97 bits per heavy atom. The van der Waals surface area contributed by atoms with Crippen molar-refractivity contribution in [1.29, 1.82) is 0 Å². The zero-order valence-corrected chi connectivity index (χ0v) is 18.2. The van der Waals surface area contributed by atoms with Crippen LogP contribution in [0, 0.1) is 0 Å². The molecule has 0 bridgehead atoms. The van der Waals surface area contributed by atoms with Crippen molar-refractivity contribution in [3.8, 4) is 0 Å². The minimum absolute atomic E-state index is 0.320. The van der Waals surface area contributed by atoms with Gasteiger partial charge in [0.05, 0.1) is 6.17 Å². The number of para-hydroxylation sites is 1. The van der Waals surface area contributed by atoms with E-state index in [1.54, 1.807) is 0 Å². The lowest BCUT2D eigenvalue weighted by molar-refractivity contribution is 0.243. The van der Waals surface area contributed by atoms with Gasteiger partial charge in [0, 0.05) is 41.6 Å². The monoisotopic (exact) mass is 416 g/mol. The van der Waals surface area contributed by atoms with Gasteiger partial charge >= 0.3 is 0 Å². The molecular weight excluding hydrogens is 387 g/mol. The van der Waals surface area contributed by atoms with Crippen LogP contribution in [0.4, 0.5) is 5.69 Å². The van der Waals surface area contributed by atoms with Crippen LogP contribution in [0.2, 0.25) is 0 Å². The lowest BCUT2D eigenvalue weighted by atomic mass is 10.2. The molecule has 3 nitrogen and oxygen atoms in total. The van der Waals surface area contributed by atoms with Crippen LogP contribution in [0.5, 0.6) is 0 Å². The molecule has 2 heterocycles. The van der Waals surface area contributed by atoms with Crippen molar-refractivity contribution in [2.45, 2.75) is 31.5 Å². The number of fused-ring (bicyclic) bond motifs is 1. The van der Waals surface area contributed by atoms with Crippen LogP contribution >= 0.6 is 7.14 Å². The first kappa shape index (κ1) is 19.6. The molecule has 3 aromatic carbocycles. The van der Waals surface area contributed by atoms with E-state index in [0.717, 1.165) is 30.1 Å². The van der Waals surface area contributed by atoms with Crippen molar-refractivity contribution in [1.82, 2.24) is 4.90 Å². The molecule has 2 atom stereocenters. The molecule has 0 aliphatic carbocycles. The van der Waals surface area contributed by atoms with E-state index in [0.29, 0.717) is 18.4 Å². The minimum atomic E-state index is -2.68. The fourth-order valence-corrected chi connectivity index (χ4v) is 7.95. The Morgan fingerprint density at radius 1 is 0.800 bits per heavy atom. The van der Waals surface area contributed by atoms with Crippen LogP contribution in [0.25, 0.3) is 0 Å². The number of rotatable bonds is 6. The Balaban J connectivity index is 1.46. The largest absolute Gasteiger partial charge is 0.354 e. The smallest absolute Gasteiger partial charge is 0.143 e. The number of anilines is 1. The Bertz CT molecular complexity index is 965. The Kier molecular flexibility index (Phi) is 5.50. The van der Waals surface area contributed by atoms with E-state index in [4.69, 9.17) is 0 Å². The summed E-state index contributed by atoms with van der Waals surface area (Å²) in [5, 5.41) is 1.94. The van der Waals surface area contributed by atoms with Gasteiger partial charge in [0.2, 0.25) is 0 Å². The van der Waals surface area contributed by atoms with Gasteiger partial charge in [0.25, 0.3) is 0 Å². The predicted molar refractivity (Wildman–Crippen MR) is 127 cm³/mol. The number of benzene rings is 3. The van der Waals surface area contributed by atoms with E-state index < -0.39 is 7.14 Å². The maximum atomic E-state index is 14.5. The van der Waals surface area contributed by atoms with Gasteiger partial charge < -0.3 is 9.46 Å². The fourth-order valence-electron chi connectivity index (χ4n) is 5.23. The molecule has 30 heavy (non-hydrogen) atoms. The third-order valence-electron chi connectivity index (χ3n) is 6.71. The summed E-state index contributed by atoms with van der Waals surface area (Å²) in [6.07, 6.45) is 4.47. The van der Waals surface area contributed by atoms with Gasteiger partial charge in [-0.05, 0) is 31.4 Å². The van der Waals surface area contributed by atoms with Crippen LogP contribution in [0.15, 0.2) is 91.0 Å². The average molecular weight is 417 g/mol. The molecule has 0 aromatic heterocycles. The normalized spacial score (nSPS) is 21.7. The molecule has 2 aliphatic heterocycles. The van der Waals surface area contributed by atoms with Gasteiger partial charge in [-0.3, -0.25) is 4.90 Å². The van der Waals surface area contributed by atoms with Gasteiger partial charge in [-0.15, -0.1) is 0 Å². The highest BCUT2D eigenvalue weighted by Crippen LogP contribution is 2.46. The summed E-state index contributed by atoms with van der Waals surface area (Å²) >= 11 is 0. The van der Waals surface area contributed by atoms with Crippen molar-refractivity contribution in [2.75, 3.05) is 24.2 Å². The van der Waals surface area contributed by atoms with E-state index >= 15 is 0 Å². The first-order valence-electron chi connectivity index (χ1n) is 11.0. The first-order chi connectivity index (χ1) is 14.8. The molecule has 4 heteroatoms. The van der Waals surface area contributed by atoms with E-state index in [-0.39, 0.29) is 0 Å². The maximum Gasteiger partial charge on any atom is 0.143 e. The fraction of sp³-hybridized carbons (Fsp3) is 0.308. The highest BCUT2D eigenvalue weighted by Gasteiger charge is 2.42. The third-order valence-corrected chi connectivity index (χ3v) is 9.86. The highest BCUT2D eigenvalue weighted by molar-refractivity contribution is 7.78. The zero-order valence-electron chi connectivity index (χ0n) is 17.3. The summed E-state index contributed by atoms with van der Waals surface area (Å²) in [7, 11) is -2.68. The molecule has 154 valence electrons. The van der Waals surface area contributed by atoms with E-state index in [9.17, 15) is 4.57 Å². The number of hydrogen-bond donors (Lipinski definition) is 0. The summed E-state index contributed by atoms with van der Waals surface area (Å²) in [5.41, 5.74) is 1.28. The quantitative estimate of drug-likeness (QED) is 0.544. The molecule has 3 aromatic rings.